The third kappa shape index (κ3) is 6.94. The quantitative estimate of drug-likeness (QED) is 0.457. The van der Waals surface area contributed by atoms with Crippen LogP contribution in [-0.4, -0.2) is 28.4 Å². The van der Waals surface area contributed by atoms with Crippen molar-refractivity contribution in [1.29, 1.82) is 0 Å². The molecule has 0 aliphatic rings. The number of hydrogen-bond donors (Lipinski definition) is 3. The van der Waals surface area contributed by atoms with E-state index in [0.717, 1.165) is 18.2 Å². The molecule has 0 aromatic heterocycles. The topological polar surface area (TPSA) is 110 Å². The summed E-state index contributed by atoms with van der Waals surface area (Å²) in [6.45, 7) is 0. The SMILES string of the molecule is O=C(O)c1cccc(F)c1OF.[Li+].[O-]B(O)O. The van der Waals surface area contributed by atoms with Crippen LogP contribution in [0.15, 0.2) is 18.2 Å². The first-order valence-electron chi connectivity index (χ1n) is 3.72. The minimum absolute atomic E-state index is 0. The fourth-order valence-electron chi connectivity index (χ4n) is 0.756. The smallest absolute Gasteiger partial charge is 0.832 e. The predicted octanol–water partition coefficient (Wildman–Crippen LogP) is -3.89. The molecule has 0 amide bonds. The number of carboxylic acids is 1. The Morgan fingerprint density at radius 2 is 1.88 bits per heavy atom. The van der Waals surface area contributed by atoms with Gasteiger partial charge in [-0.2, -0.15) is 0 Å². The van der Waals surface area contributed by atoms with Gasteiger partial charge < -0.3 is 20.2 Å². The van der Waals surface area contributed by atoms with Crippen LogP contribution in [0.1, 0.15) is 10.4 Å². The van der Waals surface area contributed by atoms with Gasteiger partial charge in [0, 0.05) is 4.53 Å². The normalized spacial score (nSPS) is 8.29. The van der Waals surface area contributed by atoms with Crippen molar-refractivity contribution in [1.82, 2.24) is 0 Å². The van der Waals surface area contributed by atoms with E-state index in [9.17, 15) is 13.7 Å². The number of carbonyl (C=O) groups is 1. The molecule has 88 valence electrons. The monoisotopic (exact) mass is 242 g/mol. The number of aromatic carboxylic acids is 1. The first kappa shape index (κ1) is 18.3. The Labute approximate surface area is 107 Å². The Kier molecular flexibility index (Phi) is 9.64. The summed E-state index contributed by atoms with van der Waals surface area (Å²) in [6, 6.07) is 3.10. The van der Waals surface area contributed by atoms with Crippen LogP contribution in [0.5, 0.6) is 5.75 Å². The average Bonchev–Trinajstić information content (AvgIpc) is 2.16. The molecule has 1 aromatic rings. The fraction of sp³-hybridized carbons (Fsp3) is 0. The second kappa shape index (κ2) is 8.98. The van der Waals surface area contributed by atoms with E-state index in [0.29, 0.717) is 0 Å². The molecule has 0 atom stereocenters. The van der Waals surface area contributed by atoms with Crippen molar-refractivity contribution in [2.45, 2.75) is 0 Å². The maximum atomic E-state index is 12.6. The summed E-state index contributed by atoms with van der Waals surface area (Å²) < 4.78 is 24.2. The first-order chi connectivity index (χ1) is 7.40. The van der Waals surface area contributed by atoms with Crippen LogP contribution in [-0.2, 0) is 0 Å². The predicted molar refractivity (Wildman–Crippen MR) is 45.3 cm³/mol. The number of para-hydroxylation sites is 1. The van der Waals surface area contributed by atoms with Crippen LogP contribution in [0.3, 0.4) is 0 Å². The van der Waals surface area contributed by atoms with E-state index >= 15 is 0 Å². The van der Waals surface area contributed by atoms with Crippen LogP contribution in [0.2, 0.25) is 0 Å². The molecule has 0 aliphatic heterocycles. The molecule has 0 bridgehead atoms. The number of rotatable bonds is 2. The van der Waals surface area contributed by atoms with Gasteiger partial charge in [0.1, 0.15) is 5.56 Å². The van der Waals surface area contributed by atoms with E-state index in [1.54, 1.807) is 0 Å². The van der Waals surface area contributed by atoms with Gasteiger partial charge in [-0.05, 0) is 12.1 Å². The molecule has 0 saturated heterocycles. The molecule has 1 aromatic carbocycles. The first-order valence-corrected chi connectivity index (χ1v) is 3.72. The minimum atomic E-state index is -2.42. The van der Waals surface area contributed by atoms with Gasteiger partial charge >= 0.3 is 32.2 Å². The molecule has 0 fully saturated rings. The second-order valence-corrected chi connectivity index (χ2v) is 2.33. The molecule has 0 saturated carbocycles. The summed E-state index contributed by atoms with van der Waals surface area (Å²) in [4.78, 5) is 13.4. The van der Waals surface area contributed by atoms with Gasteiger partial charge in [-0.15, -0.1) is 0 Å². The second-order valence-electron chi connectivity index (χ2n) is 2.33. The Hall–Kier alpha value is -1.11. The minimum Gasteiger partial charge on any atom is -0.832 e. The molecule has 0 unspecified atom stereocenters. The molecule has 3 N–H and O–H groups in total. The summed E-state index contributed by atoms with van der Waals surface area (Å²) in [5, 5.41) is 31.2. The zero-order chi connectivity index (χ0) is 12.7. The maximum Gasteiger partial charge on any atom is 1.00 e. The number of carboxylic acid groups (broad SMARTS) is 1. The molecule has 0 heterocycles. The number of halogens is 2. The van der Waals surface area contributed by atoms with Crippen LogP contribution >= 0.6 is 0 Å². The fourth-order valence-corrected chi connectivity index (χ4v) is 0.756. The van der Waals surface area contributed by atoms with Gasteiger partial charge in [0.25, 0.3) is 0 Å². The van der Waals surface area contributed by atoms with Gasteiger partial charge in [0.05, 0.1) is 0 Å². The molecule has 0 spiro atoms. The zero-order valence-electron chi connectivity index (χ0n) is 8.63. The van der Waals surface area contributed by atoms with Gasteiger partial charge in [0.2, 0.25) is 5.75 Å². The van der Waals surface area contributed by atoms with Crippen LogP contribution < -0.4 is 28.8 Å². The standard InChI is InChI=1S/C7H4F2O3.BH2O3.Li/c8-5-3-1-2-4(7(10)11)6(5)12-9;2-1(3)4;/h1-3H,(H,10,11);2-3H;/q;-1;+1. The maximum absolute atomic E-state index is 12.6. The van der Waals surface area contributed by atoms with E-state index in [1.807, 2.05) is 0 Å². The molecule has 0 aliphatic carbocycles. The van der Waals surface area contributed by atoms with E-state index in [2.05, 4.69) is 4.94 Å². The zero-order valence-corrected chi connectivity index (χ0v) is 8.63. The number of benzene rings is 1. The van der Waals surface area contributed by atoms with Crippen molar-refractivity contribution in [3.8, 4) is 5.75 Å². The van der Waals surface area contributed by atoms with Crippen molar-refractivity contribution in [2.24, 2.45) is 0 Å². The summed E-state index contributed by atoms with van der Waals surface area (Å²) in [5.41, 5.74) is -0.544. The Balaban J connectivity index is 0. The molecule has 0 radical (unpaired) electrons. The largest absolute Gasteiger partial charge is 1.00 e. The van der Waals surface area contributed by atoms with Crippen LogP contribution in [0.4, 0.5) is 8.92 Å². The summed E-state index contributed by atoms with van der Waals surface area (Å²) in [7, 11) is -2.42. The van der Waals surface area contributed by atoms with Crippen LogP contribution in [0, 0.1) is 5.82 Å². The molecule has 17 heavy (non-hydrogen) atoms. The van der Waals surface area contributed by atoms with Crippen molar-refractivity contribution >= 4 is 13.3 Å². The average molecular weight is 242 g/mol. The van der Waals surface area contributed by atoms with Crippen molar-refractivity contribution < 1.29 is 57.7 Å². The third-order valence-electron chi connectivity index (χ3n) is 1.27. The van der Waals surface area contributed by atoms with E-state index in [-0.39, 0.29) is 18.9 Å². The Morgan fingerprint density at radius 3 is 2.18 bits per heavy atom. The Morgan fingerprint density at radius 1 is 1.41 bits per heavy atom. The summed E-state index contributed by atoms with van der Waals surface area (Å²) in [6.07, 6.45) is 0. The molecular formula is C7H6BF2LiO6. The van der Waals surface area contributed by atoms with Crippen molar-refractivity contribution in [2.75, 3.05) is 0 Å². The van der Waals surface area contributed by atoms with E-state index < -0.39 is 30.4 Å². The third-order valence-corrected chi connectivity index (χ3v) is 1.27. The van der Waals surface area contributed by atoms with Crippen LogP contribution in [0.25, 0.3) is 0 Å². The van der Waals surface area contributed by atoms with Gasteiger partial charge in [0.15, 0.2) is 5.82 Å². The number of hydrogen-bond acceptors (Lipinski definition) is 5. The van der Waals surface area contributed by atoms with E-state index in [1.165, 1.54) is 0 Å². The molecule has 10 heteroatoms. The Bertz CT molecular complexity index is 361. The summed E-state index contributed by atoms with van der Waals surface area (Å²) >= 11 is 0. The van der Waals surface area contributed by atoms with Gasteiger partial charge in [-0.25, -0.2) is 9.18 Å². The molecular weight excluding hydrogens is 236 g/mol. The molecule has 1 rings (SSSR count). The summed E-state index contributed by atoms with van der Waals surface area (Å²) in [5.74, 6) is -3.38. The van der Waals surface area contributed by atoms with Crippen molar-refractivity contribution in [3.63, 3.8) is 0 Å². The molecule has 6 nitrogen and oxygen atoms in total. The van der Waals surface area contributed by atoms with Gasteiger partial charge in [-0.3, -0.25) is 4.94 Å². The van der Waals surface area contributed by atoms with Crippen molar-refractivity contribution in [3.05, 3.63) is 29.6 Å². The van der Waals surface area contributed by atoms with E-state index in [4.69, 9.17) is 20.2 Å². The van der Waals surface area contributed by atoms with Gasteiger partial charge in [-0.1, -0.05) is 6.07 Å².